The zero-order valence-corrected chi connectivity index (χ0v) is 16.8. The summed E-state index contributed by atoms with van der Waals surface area (Å²) in [7, 11) is -3.65. The van der Waals surface area contributed by atoms with Gasteiger partial charge < -0.3 is 5.32 Å². The van der Waals surface area contributed by atoms with E-state index in [1.165, 1.54) is 6.07 Å². The number of carbonyl (C=O) groups is 1. The van der Waals surface area contributed by atoms with Crippen molar-refractivity contribution >= 4 is 53.5 Å². The summed E-state index contributed by atoms with van der Waals surface area (Å²) in [6, 6.07) is 12.0. The molecule has 0 spiro atoms. The highest BCUT2D eigenvalue weighted by Crippen LogP contribution is 2.21. The summed E-state index contributed by atoms with van der Waals surface area (Å²) in [5.41, 5.74) is 1.68. The number of amides is 1. The quantitative estimate of drug-likeness (QED) is 0.666. The van der Waals surface area contributed by atoms with Crippen molar-refractivity contribution < 1.29 is 13.2 Å². The fraction of sp³-hybridized carbons (Fsp3) is 0.188. The van der Waals surface area contributed by atoms with Crippen LogP contribution >= 0.6 is 31.9 Å². The lowest BCUT2D eigenvalue weighted by atomic mass is 10.2. The van der Waals surface area contributed by atoms with Gasteiger partial charge in [-0.1, -0.05) is 28.1 Å². The number of hydrogen-bond acceptors (Lipinski definition) is 3. The fourth-order valence-electron chi connectivity index (χ4n) is 1.99. The molecule has 0 aliphatic rings. The van der Waals surface area contributed by atoms with E-state index in [2.05, 4.69) is 41.9 Å². The molecule has 128 valence electrons. The van der Waals surface area contributed by atoms with Gasteiger partial charge in [-0.05, 0) is 58.7 Å². The Morgan fingerprint density at radius 3 is 2.46 bits per heavy atom. The van der Waals surface area contributed by atoms with Crippen LogP contribution in [-0.4, -0.2) is 20.9 Å². The first kappa shape index (κ1) is 19.1. The van der Waals surface area contributed by atoms with Crippen molar-refractivity contribution in [2.45, 2.75) is 18.2 Å². The van der Waals surface area contributed by atoms with Crippen LogP contribution in [0.25, 0.3) is 0 Å². The Kier molecular flexibility index (Phi) is 6.56. The average Bonchev–Trinajstić information content (AvgIpc) is 2.51. The monoisotopic (exact) mass is 474 g/mol. The summed E-state index contributed by atoms with van der Waals surface area (Å²) >= 11 is 6.60. The first-order valence-electron chi connectivity index (χ1n) is 7.10. The Balaban J connectivity index is 1.90. The molecule has 0 atom stereocenters. The van der Waals surface area contributed by atoms with E-state index in [9.17, 15) is 13.2 Å². The standard InChI is InChI=1S/C16H16Br2N2O3S/c1-11-10-12(6-7-13(11)17)20-16(21)8-9-19-24(22,23)15-5-3-2-4-14(15)18/h2-7,10,19H,8-9H2,1H3,(H,20,21). The number of benzene rings is 2. The van der Waals surface area contributed by atoms with Gasteiger partial charge in [-0.2, -0.15) is 0 Å². The molecule has 0 radical (unpaired) electrons. The van der Waals surface area contributed by atoms with E-state index in [1.54, 1.807) is 24.3 Å². The lowest BCUT2D eigenvalue weighted by Crippen LogP contribution is -2.28. The third kappa shape index (κ3) is 5.14. The molecule has 2 aromatic carbocycles. The lowest BCUT2D eigenvalue weighted by molar-refractivity contribution is -0.116. The summed E-state index contributed by atoms with van der Waals surface area (Å²) in [5, 5.41) is 2.74. The Bertz CT molecular complexity index is 854. The summed E-state index contributed by atoms with van der Waals surface area (Å²) < 4.78 is 28.3. The molecule has 2 rings (SSSR count). The van der Waals surface area contributed by atoms with Gasteiger partial charge in [0.05, 0.1) is 4.90 Å². The van der Waals surface area contributed by atoms with Crippen LogP contribution in [0.4, 0.5) is 5.69 Å². The van der Waals surface area contributed by atoms with E-state index in [0.29, 0.717) is 10.2 Å². The van der Waals surface area contributed by atoms with E-state index >= 15 is 0 Å². The number of rotatable bonds is 6. The number of carbonyl (C=O) groups excluding carboxylic acids is 1. The first-order valence-corrected chi connectivity index (χ1v) is 10.2. The van der Waals surface area contributed by atoms with Gasteiger partial charge in [0, 0.05) is 27.6 Å². The van der Waals surface area contributed by atoms with Gasteiger partial charge in [-0.15, -0.1) is 0 Å². The zero-order valence-electron chi connectivity index (χ0n) is 12.8. The minimum Gasteiger partial charge on any atom is -0.326 e. The van der Waals surface area contributed by atoms with Gasteiger partial charge in [-0.3, -0.25) is 4.79 Å². The molecule has 2 aromatic rings. The molecule has 0 aliphatic heterocycles. The number of hydrogen-bond donors (Lipinski definition) is 2. The summed E-state index contributed by atoms with van der Waals surface area (Å²) in [5.74, 6) is -0.258. The Morgan fingerprint density at radius 2 is 1.79 bits per heavy atom. The predicted molar refractivity (Wildman–Crippen MR) is 101 cm³/mol. The van der Waals surface area contributed by atoms with E-state index in [4.69, 9.17) is 0 Å². The smallest absolute Gasteiger partial charge is 0.241 e. The maximum atomic E-state index is 12.2. The molecule has 0 heterocycles. The van der Waals surface area contributed by atoms with E-state index in [-0.39, 0.29) is 23.8 Å². The number of sulfonamides is 1. The minimum atomic E-state index is -3.65. The molecule has 0 aromatic heterocycles. The highest BCUT2D eigenvalue weighted by molar-refractivity contribution is 9.10. The molecule has 1 amide bonds. The average molecular weight is 476 g/mol. The maximum Gasteiger partial charge on any atom is 0.241 e. The Morgan fingerprint density at radius 1 is 1.08 bits per heavy atom. The third-order valence-electron chi connectivity index (χ3n) is 3.21. The fourth-order valence-corrected chi connectivity index (χ4v) is 4.26. The van der Waals surface area contributed by atoms with Crippen molar-refractivity contribution in [3.8, 4) is 0 Å². The van der Waals surface area contributed by atoms with Crippen LogP contribution in [0.5, 0.6) is 0 Å². The number of anilines is 1. The maximum absolute atomic E-state index is 12.2. The van der Waals surface area contributed by atoms with E-state index < -0.39 is 10.0 Å². The normalized spacial score (nSPS) is 11.3. The second kappa shape index (κ2) is 8.24. The van der Waals surface area contributed by atoms with Crippen molar-refractivity contribution in [3.63, 3.8) is 0 Å². The molecule has 24 heavy (non-hydrogen) atoms. The van der Waals surface area contributed by atoms with Crippen LogP contribution < -0.4 is 10.0 Å². The zero-order chi connectivity index (χ0) is 17.7. The second-order valence-corrected chi connectivity index (χ2v) is 8.53. The summed E-state index contributed by atoms with van der Waals surface area (Å²) in [6.07, 6.45) is 0.0405. The molecule has 2 N–H and O–H groups in total. The molecule has 8 heteroatoms. The number of aryl methyl sites for hydroxylation is 1. The van der Waals surface area contributed by atoms with Gasteiger partial charge in [-0.25, -0.2) is 13.1 Å². The van der Waals surface area contributed by atoms with Crippen molar-refractivity contribution in [1.82, 2.24) is 4.72 Å². The molecule has 0 aliphatic carbocycles. The molecule has 0 unspecified atom stereocenters. The highest BCUT2D eigenvalue weighted by Gasteiger charge is 2.17. The summed E-state index contributed by atoms with van der Waals surface area (Å²) in [4.78, 5) is 12.1. The van der Waals surface area contributed by atoms with Crippen molar-refractivity contribution in [2.75, 3.05) is 11.9 Å². The van der Waals surface area contributed by atoms with E-state index in [1.807, 2.05) is 19.1 Å². The van der Waals surface area contributed by atoms with Gasteiger partial charge >= 0.3 is 0 Å². The van der Waals surface area contributed by atoms with Crippen molar-refractivity contribution in [1.29, 1.82) is 0 Å². The van der Waals surface area contributed by atoms with Gasteiger partial charge in [0.15, 0.2) is 0 Å². The molecular weight excluding hydrogens is 460 g/mol. The van der Waals surface area contributed by atoms with Crippen LogP contribution in [0.3, 0.4) is 0 Å². The predicted octanol–water partition coefficient (Wildman–Crippen LogP) is 3.83. The molecule has 0 saturated carbocycles. The number of nitrogens with one attached hydrogen (secondary N) is 2. The van der Waals surface area contributed by atoms with Crippen LogP contribution in [0, 0.1) is 6.92 Å². The lowest BCUT2D eigenvalue weighted by Gasteiger charge is -2.09. The second-order valence-electron chi connectivity index (χ2n) is 5.09. The molecule has 0 bridgehead atoms. The largest absolute Gasteiger partial charge is 0.326 e. The van der Waals surface area contributed by atoms with Gasteiger partial charge in [0.25, 0.3) is 0 Å². The van der Waals surface area contributed by atoms with E-state index in [0.717, 1.165) is 10.0 Å². The van der Waals surface area contributed by atoms with Crippen LogP contribution in [-0.2, 0) is 14.8 Å². The molecule has 5 nitrogen and oxygen atoms in total. The first-order chi connectivity index (χ1) is 11.3. The molecule has 0 fully saturated rings. The summed E-state index contributed by atoms with van der Waals surface area (Å²) in [6.45, 7) is 1.94. The molecular formula is C16H16Br2N2O3S. The topological polar surface area (TPSA) is 75.3 Å². The third-order valence-corrected chi connectivity index (χ3v) is 6.57. The highest BCUT2D eigenvalue weighted by atomic mass is 79.9. The minimum absolute atomic E-state index is 0.0189. The molecule has 0 saturated heterocycles. The van der Waals surface area contributed by atoms with Crippen LogP contribution in [0.1, 0.15) is 12.0 Å². The van der Waals surface area contributed by atoms with Crippen LogP contribution in [0.2, 0.25) is 0 Å². The van der Waals surface area contributed by atoms with Crippen LogP contribution in [0.15, 0.2) is 56.3 Å². The van der Waals surface area contributed by atoms with Crippen molar-refractivity contribution in [3.05, 3.63) is 57.0 Å². The van der Waals surface area contributed by atoms with Crippen molar-refractivity contribution in [2.24, 2.45) is 0 Å². The Hall–Kier alpha value is -1.22. The Labute approximate surface area is 158 Å². The van der Waals surface area contributed by atoms with Gasteiger partial charge in [0.1, 0.15) is 0 Å². The number of halogens is 2. The SMILES string of the molecule is Cc1cc(NC(=O)CCNS(=O)(=O)c2ccccc2Br)ccc1Br. The van der Waals surface area contributed by atoms with Gasteiger partial charge in [0.2, 0.25) is 15.9 Å².